The number of rotatable bonds is 6. The third-order valence-electron chi connectivity index (χ3n) is 5.01. The van der Waals surface area contributed by atoms with E-state index >= 15 is 0 Å². The fourth-order valence-electron chi connectivity index (χ4n) is 3.41. The first-order valence-corrected chi connectivity index (χ1v) is 9.56. The van der Waals surface area contributed by atoms with Crippen LogP contribution in [0.1, 0.15) is 18.4 Å². The summed E-state index contributed by atoms with van der Waals surface area (Å²) in [6.45, 7) is 2.70. The van der Waals surface area contributed by atoms with Crippen molar-refractivity contribution in [1.29, 1.82) is 0 Å². The number of nitrogen functional groups attached to an aromatic ring is 1. The van der Waals surface area contributed by atoms with Gasteiger partial charge in [0.15, 0.2) is 0 Å². The van der Waals surface area contributed by atoms with E-state index in [9.17, 15) is 10.1 Å². The molecule has 150 valence electrons. The molecule has 1 aromatic heterocycles. The molecule has 3 rings (SSSR count). The lowest BCUT2D eigenvalue weighted by molar-refractivity contribution is -0.383. The maximum Gasteiger partial charge on any atom is 0.335 e. The summed E-state index contributed by atoms with van der Waals surface area (Å²) >= 11 is 6.14. The molecule has 28 heavy (non-hydrogen) atoms. The van der Waals surface area contributed by atoms with E-state index in [2.05, 4.69) is 44.4 Å². The van der Waals surface area contributed by atoms with Gasteiger partial charge in [-0.25, -0.2) is 4.98 Å². The minimum Gasteiger partial charge on any atom is -0.378 e. The molecular formula is C19H25ClN6O2. The van der Waals surface area contributed by atoms with Gasteiger partial charge in [0.05, 0.1) is 16.1 Å². The molecule has 8 nitrogen and oxygen atoms in total. The van der Waals surface area contributed by atoms with Gasteiger partial charge in [-0.15, -0.1) is 0 Å². The Morgan fingerprint density at radius 3 is 2.54 bits per heavy atom. The maximum absolute atomic E-state index is 11.3. The van der Waals surface area contributed by atoms with E-state index in [1.165, 1.54) is 17.4 Å². The summed E-state index contributed by atoms with van der Waals surface area (Å²) in [7, 11) is 4.06. The third-order valence-corrected chi connectivity index (χ3v) is 5.30. The topological polar surface area (TPSA) is 101 Å². The van der Waals surface area contributed by atoms with Crippen LogP contribution < -0.4 is 16.0 Å². The van der Waals surface area contributed by atoms with Gasteiger partial charge in [0.25, 0.3) is 0 Å². The molecule has 0 unspecified atom stereocenters. The molecule has 0 amide bonds. The molecule has 2 heterocycles. The minimum atomic E-state index is -0.539. The van der Waals surface area contributed by atoms with Crippen molar-refractivity contribution in [3.63, 3.8) is 0 Å². The summed E-state index contributed by atoms with van der Waals surface area (Å²) in [6, 6.07) is 8.66. The molecule has 0 saturated carbocycles. The van der Waals surface area contributed by atoms with Crippen LogP contribution in [0.25, 0.3) is 0 Å². The van der Waals surface area contributed by atoms with Crippen molar-refractivity contribution in [2.75, 3.05) is 43.1 Å². The van der Waals surface area contributed by atoms with Crippen molar-refractivity contribution < 1.29 is 4.92 Å². The number of nitrogens with one attached hydrogen (secondary N) is 1. The van der Waals surface area contributed by atoms with Crippen LogP contribution in [0.4, 0.5) is 22.9 Å². The number of likely N-dealkylation sites (tertiary alicyclic amines) is 1. The van der Waals surface area contributed by atoms with E-state index in [-0.39, 0.29) is 28.3 Å². The van der Waals surface area contributed by atoms with E-state index in [1.807, 2.05) is 14.1 Å². The number of piperidine rings is 1. The molecule has 0 spiro atoms. The van der Waals surface area contributed by atoms with Crippen LogP contribution in [0, 0.1) is 10.1 Å². The van der Waals surface area contributed by atoms with Gasteiger partial charge >= 0.3 is 5.69 Å². The number of halogens is 1. The Morgan fingerprint density at radius 1 is 1.32 bits per heavy atom. The van der Waals surface area contributed by atoms with Gasteiger partial charge in [-0.3, -0.25) is 15.0 Å². The Kier molecular flexibility index (Phi) is 6.21. The molecule has 1 aliphatic heterocycles. The molecule has 9 heteroatoms. The molecule has 0 atom stereocenters. The average Bonchev–Trinajstić information content (AvgIpc) is 2.66. The van der Waals surface area contributed by atoms with E-state index in [0.29, 0.717) is 0 Å². The lowest BCUT2D eigenvalue weighted by Crippen LogP contribution is -2.38. The van der Waals surface area contributed by atoms with Crippen molar-refractivity contribution in [3.05, 3.63) is 51.2 Å². The van der Waals surface area contributed by atoms with Gasteiger partial charge < -0.3 is 16.0 Å². The van der Waals surface area contributed by atoms with Gasteiger partial charge in [0.2, 0.25) is 5.82 Å². The van der Waals surface area contributed by atoms with Crippen LogP contribution in [0.2, 0.25) is 5.02 Å². The van der Waals surface area contributed by atoms with Crippen molar-refractivity contribution in [3.8, 4) is 0 Å². The SMILES string of the molecule is CN(C)c1ccc(CN2CCC(Nc3c(Cl)cnc(N)c3[N+](=O)[O-])CC2)cc1. The normalized spacial score (nSPS) is 15.4. The highest BCUT2D eigenvalue weighted by atomic mass is 35.5. The summed E-state index contributed by atoms with van der Waals surface area (Å²) < 4.78 is 0. The molecule has 1 saturated heterocycles. The van der Waals surface area contributed by atoms with Gasteiger partial charge in [0, 0.05) is 45.5 Å². The Bertz CT molecular complexity index is 835. The van der Waals surface area contributed by atoms with Crippen molar-refractivity contribution in [2.24, 2.45) is 0 Å². The van der Waals surface area contributed by atoms with Crippen LogP contribution >= 0.6 is 11.6 Å². The molecule has 2 aromatic rings. The molecule has 1 fully saturated rings. The standard InChI is InChI=1S/C19H25ClN6O2/c1-24(2)15-5-3-13(4-6-15)12-25-9-7-14(8-10-25)23-17-16(20)11-22-19(21)18(17)26(27)28/h3-6,11,14H,7-10,12H2,1-2H3,(H3,21,22,23). The predicted octanol–water partition coefficient (Wildman–Crippen LogP) is 3.37. The second kappa shape index (κ2) is 8.62. The highest BCUT2D eigenvalue weighted by molar-refractivity contribution is 6.33. The number of anilines is 3. The van der Waals surface area contributed by atoms with Gasteiger partial charge in [-0.05, 0) is 30.5 Å². The smallest absolute Gasteiger partial charge is 0.335 e. The summed E-state index contributed by atoms with van der Waals surface area (Å²) in [5.74, 6) is -0.129. The zero-order valence-electron chi connectivity index (χ0n) is 16.1. The fourth-order valence-corrected chi connectivity index (χ4v) is 3.61. The lowest BCUT2D eigenvalue weighted by Gasteiger charge is -2.33. The number of hydrogen-bond donors (Lipinski definition) is 2. The summed E-state index contributed by atoms with van der Waals surface area (Å²) in [5.41, 5.74) is 8.14. The summed E-state index contributed by atoms with van der Waals surface area (Å²) in [5, 5.41) is 14.8. The number of hydrogen-bond acceptors (Lipinski definition) is 7. The lowest BCUT2D eigenvalue weighted by atomic mass is 10.0. The average molecular weight is 405 g/mol. The molecule has 1 aliphatic rings. The van der Waals surface area contributed by atoms with Gasteiger partial charge in [-0.1, -0.05) is 23.7 Å². The van der Waals surface area contributed by atoms with Crippen molar-refractivity contribution >= 4 is 34.5 Å². The predicted molar refractivity (Wildman–Crippen MR) is 113 cm³/mol. The van der Waals surface area contributed by atoms with Crippen LogP contribution in [0.15, 0.2) is 30.5 Å². The molecule has 1 aromatic carbocycles. The van der Waals surface area contributed by atoms with Crippen LogP contribution in [-0.4, -0.2) is 48.0 Å². The minimum absolute atomic E-state index is 0.102. The van der Waals surface area contributed by atoms with Crippen LogP contribution in [0.5, 0.6) is 0 Å². The van der Waals surface area contributed by atoms with E-state index in [0.717, 1.165) is 32.5 Å². The maximum atomic E-state index is 11.3. The van der Waals surface area contributed by atoms with Crippen LogP contribution in [0.3, 0.4) is 0 Å². The highest BCUT2D eigenvalue weighted by Crippen LogP contribution is 2.36. The monoisotopic (exact) mass is 404 g/mol. The zero-order chi connectivity index (χ0) is 20.3. The molecule has 0 radical (unpaired) electrons. The second-order valence-corrected chi connectivity index (χ2v) is 7.63. The largest absolute Gasteiger partial charge is 0.378 e. The Hall–Kier alpha value is -2.58. The quantitative estimate of drug-likeness (QED) is 0.562. The molecular weight excluding hydrogens is 380 g/mol. The first kappa shape index (κ1) is 20.2. The van der Waals surface area contributed by atoms with Gasteiger partial charge in [-0.2, -0.15) is 0 Å². The number of benzene rings is 1. The third kappa shape index (κ3) is 4.63. The number of nitro groups is 1. The Morgan fingerprint density at radius 2 is 1.96 bits per heavy atom. The number of pyridine rings is 1. The zero-order valence-corrected chi connectivity index (χ0v) is 16.8. The Labute approximate surface area is 169 Å². The number of aromatic nitrogens is 1. The molecule has 3 N–H and O–H groups in total. The Balaban J connectivity index is 1.59. The van der Waals surface area contributed by atoms with Gasteiger partial charge in [0.1, 0.15) is 5.69 Å². The molecule has 0 bridgehead atoms. The fraction of sp³-hybridized carbons (Fsp3) is 0.421. The second-order valence-electron chi connectivity index (χ2n) is 7.23. The van der Waals surface area contributed by atoms with E-state index in [1.54, 1.807) is 0 Å². The van der Waals surface area contributed by atoms with Crippen molar-refractivity contribution in [2.45, 2.75) is 25.4 Å². The first-order valence-electron chi connectivity index (χ1n) is 9.18. The highest BCUT2D eigenvalue weighted by Gasteiger charge is 2.27. The summed E-state index contributed by atoms with van der Waals surface area (Å²) in [6.07, 6.45) is 3.08. The first-order chi connectivity index (χ1) is 13.3. The van der Waals surface area contributed by atoms with Crippen molar-refractivity contribution in [1.82, 2.24) is 9.88 Å². The van der Waals surface area contributed by atoms with Crippen LogP contribution in [-0.2, 0) is 6.54 Å². The number of nitrogens with two attached hydrogens (primary N) is 1. The molecule has 0 aliphatic carbocycles. The van der Waals surface area contributed by atoms with E-state index in [4.69, 9.17) is 17.3 Å². The van der Waals surface area contributed by atoms with E-state index < -0.39 is 4.92 Å². The summed E-state index contributed by atoms with van der Waals surface area (Å²) in [4.78, 5) is 19.0. The number of nitrogens with zero attached hydrogens (tertiary/aromatic N) is 4.